The number of aromatic nitrogens is 2. The van der Waals surface area contributed by atoms with E-state index in [1.165, 1.54) is 0 Å². The fraction of sp³-hybridized carbons (Fsp3) is 0.389. The maximum atomic E-state index is 11.9. The minimum Gasteiger partial charge on any atom is -0.497 e. The van der Waals surface area contributed by atoms with E-state index in [2.05, 4.69) is 20.8 Å². The van der Waals surface area contributed by atoms with Gasteiger partial charge in [0.1, 0.15) is 30.0 Å². The molecular formula is C18H22N4O4. The van der Waals surface area contributed by atoms with Crippen LogP contribution in [-0.2, 0) is 9.53 Å². The molecule has 0 spiro atoms. The van der Waals surface area contributed by atoms with Crippen molar-refractivity contribution in [1.82, 2.24) is 10.2 Å². The summed E-state index contributed by atoms with van der Waals surface area (Å²) in [6, 6.07) is 10.8. The van der Waals surface area contributed by atoms with E-state index in [9.17, 15) is 4.79 Å². The molecule has 3 rings (SSSR count). The largest absolute Gasteiger partial charge is 0.497 e. The second-order valence-electron chi connectivity index (χ2n) is 5.75. The Bertz CT molecular complexity index is 700. The van der Waals surface area contributed by atoms with Gasteiger partial charge in [-0.15, -0.1) is 10.2 Å². The molecule has 2 heterocycles. The van der Waals surface area contributed by atoms with Gasteiger partial charge in [-0.3, -0.25) is 4.79 Å². The summed E-state index contributed by atoms with van der Waals surface area (Å²) in [6.07, 6.45) is 1.27. The smallest absolute Gasteiger partial charge is 0.254 e. The Hall–Kier alpha value is -2.87. The van der Waals surface area contributed by atoms with Gasteiger partial charge in [-0.1, -0.05) is 0 Å². The number of methoxy groups -OCH3 is 1. The molecule has 0 aliphatic carbocycles. The fourth-order valence-corrected chi connectivity index (χ4v) is 2.50. The van der Waals surface area contributed by atoms with Crippen LogP contribution in [-0.4, -0.2) is 49.1 Å². The van der Waals surface area contributed by atoms with Crippen LogP contribution in [0.2, 0.25) is 0 Å². The molecular weight excluding hydrogens is 336 g/mol. The molecule has 1 atom stereocenters. The molecule has 1 unspecified atom stereocenters. The van der Waals surface area contributed by atoms with Gasteiger partial charge in [0.15, 0.2) is 5.82 Å². The van der Waals surface area contributed by atoms with Crippen LogP contribution in [0.5, 0.6) is 11.5 Å². The number of amides is 1. The molecule has 8 nitrogen and oxygen atoms in total. The molecule has 1 aliphatic heterocycles. The Kier molecular flexibility index (Phi) is 6.21. The van der Waals surface area contributed by atoms with Crippen molar-refractivity contribution < 1.29 is 19.0 Å². The summed E-state index contributed by atoms with van der Waals surface area (Å²) in [5.74, 6) is 2.40. The standard InChI is InChI=1S/C18H22N4O4/c1-24-13-4-6-14(7-5-13)25-12-10-19-16-8-9-17(22-21-16)20-18(23)15-3-2-11-26-15/h4-9,15H,2-3,10-12H2,1H3,(H,19,21)(H,20,22,23). The molecule has 0 saturated carbocycles. The highest BCUT2D eigenvalue weighted by Gasteiger charge is 2.23. The van der Waals surface area contributed by atoms with Gasteiger partial charge in [-0.05, 0) is 49.2 Å². The lowest BCUT2D eigenvalue weighted by Gasteiger charge is -2.10. The first-order chi connectivity index (χ1) is 12.7. The molecule has 1 aliphatic rings. The average molecular weight is 358 g/mol. The summed E-state index contributed by atoms with van der Waals surface area (Å²) in [5, 5.41) is 13.8. The summed E-state index contributed by atoms with van der Waals surface area (Å²) in [5.41, 5.74) is 0. The third kappa shape index (κ3) is 5.06. The van der Waals surface area contributed by atoms with Crippen molar-refractivity contribution in [3.63, 3.8) is 0 Å². The van der Waals surface area contributed by atoms with Crippen LogP contribution in [0.1, 0.15) is 12.8 Å². The average Bonchev–Trinajstić information content (AvgIpc) is 3.22. The monoisotopic (exact) mass is 358 g/mol. The summed E-state index contributed by atoms with van der Waals surface area (Å²) < 4.78 is 16.1. The highest BCUT2D eigenvalue weighted by Crippen LogP contribution is 2.17. The highest BCUT2D eigenvalue weighted by molar-refractivity contribution is 5.93. The lowest BCUT2D eigenvalue weighted by atomic mass is 10.2. The van der Waals surface area contributed by atoms with Crippen LogP contribution >= 0.6 is 0 Å². The quantitative estimate of drug-likeness (QED) is 0.698. The van der Waals surface area contributed by atoms with E-state index in [1.54, 1.807) is 19.2 Å². The van der Waals surface area contributed by atoms with Gasteiger partial charge >= 0.3 is 0 Å². The summed E-state index contributed by atoms with van der Waals surface area (Å²) in [6.45, 7) is 1.68. The Morgan fingerprint density at radius 1 is 1.15 bits per heavy atom. The molecule has 2 aromatic rings. The molecule has 2 N–H and O–H groups in total. The minimum absolute atomic E-state index is 0.176. The van der Waals surface area contributed by atoms with Crippen molar-refractivity contribution in [2.75, 3.05) is 37.5 Å². The van der Waals surface area contributed by atoms with E-state index < -0.39 is 0 Å². The van der Waals surface area contributed by atoms with Crippen molar-refractivity contribution in [3.8, 4) is 11.5 Å². The van der Waals surface area contributed by atoms with Gasteiger partial charge in [0.2, 0.25) is 0 Å². The molecule has 1 aromatic carbocycles. The zero-order valence-corrected chi connectivity index (χ0v) is 14.6. The first-order valence-corrected chi connectivity index (χ1v) is 8.51. The zero-order chi connectivity index (χ0) is 18.2. The predicted octanol–water partition coefficient (Wildman–Crippen LogP) is 2.09. The highest BCUT2D eigenvalue weighted by atomic mass is 16.5. The van der Waals surface area contributed by atoms with Crippen molar-refractivity contribution >= 4 is 17.5 Å². The number of hydrogen-bond donors (Lipinski definition) is 2. The fourth-order valence-electron chi connectivity index (χ4n) is 2.50. The molecule has 138 valence electrons. The van der Waals surface area contributed by atoms with E-state index in [0.29, 0.717) is 31.4 Å². The molecule has 0 bridgehead atoms. The first kappa shape index (κ1) is 17.9. The van der Waals surface area contributed by atoms with Crippen LogP contribution in [0.4, 0.5) is 11.6 Å². The normalized spacial score (nSPS) is 16.1. The second kappa shape index (κ2) is 9.00. The zero-order valence-electron chi connectivity index (χ0n) is 14.6. The van der Waals surface area contributed by atoms with Gasteiger partial charge in [0.25, 0.3) is 5.91 Å². The number of carbonyl (C=O) groups excluding carboxylic acids is 1. The number of anilines is 2. The second-order valence-corrected chi connectivity index (χ2v) is 5.75. The van der Waals surface area contributed by atoms with Crippen LogP contribution in [0, 0.1) is 0 Å². The number of nitrogens with one attached hydrogen (secondary N) is 2. The van der Waals surface area contributed by atoms with Crippen LogP contribution in [0.25, 0.3) is 0 Å². The number of rotatable bonds is 8. The van der Waals surface area contributed by atoms with Gasteiger partial charge in [0.05, 0.1) is 13.7 Å². The Balaban J connectivity index is 1.39. The van der Waals surface area contributed by atoms with Gasteiger partial charge in [-0.2, -0.15) is 0 Å². The van der Waals surface area contributed by atoms with Gasteiger partial charge < -0.3 is 24.8 Å². The van der Waals surface area contributed by atoms with E-state index in [4.69, 9.17) is 14.2 Å². The van der Waals surface area contributed by atoms with E-state index in [1.807, 2.05) is 24.3 Å². The molecule has 1 amide bonds. The molecule has 8 heteroatoms. The van der Waals surface area contributed by atoms with Gasteiger partial charge in [0, 0.05) is 6.61 Å². The number of carbonyl (C=O) groups is 1. The molecule has 26 heavy (non-hydrogen) atoms. The lowest BCUT2D eigenvalue weighted by Crippen LogP contribution is -2.27. The summed E-state index contributed by atoms with van der Waals surface area (Å²) >= 11 is 0. The maximum Gasteiger partial charge on any atom is 0.254 e. The maximum absolute atomic E-state index is 11.9. The predicted molar refractivity (Wildman–Crippen MR) is 96.6 cm³/mol. The Morgan fingerprint density at radius 3 is 2.54 bits per heavy atom. The third-order valence-electron chi connectivity index (χ3n) is 3.87. The van der Waals surface area contributed by atoms with Crippen LogP contribution in [0.3, 0.4) is 0 Å². The van der Waals surface area contributed by atoms with Gasteiger partial charge in [-0.25, -0.2) is 0 Å². The van der Waals surface area contributed by atoms with E-state index in [0.717, 1.165) is 24.3 Å². The first-order valence-electron chi connectivity index (χ1n) is 8.51. The molecule has 0 radical (unpaired) electrons. The Morgan fingerprint density at radius 2 is 1.88 bits per heavy atom. The molecule has 1 fully saturated rings. The van der Waals surface area contributed by atoms with Crippen molar-refractivity contribution in [2.45, 2.75) is 18.9 Å². The third-order valence-corrected chi connectivity index (χ3v) is 3.87. The summed E-state index contributed by atoms with van der Waals surface area (Å²) in [7, 11) is 1.63. The summed E-state index contributed by atoms with van der Waals surface area (Å²) in [4.78, 5) is 11.9. The minimum atomic E-state index is -0.385. The SMILES string of the molecule is COc1ccc(OCCNc2ccc(NC(=O)C3CCCO3)nn2)cc1. The topological polar surface area (TPSA) is 94.6 Å². The van der Waals surface area contributed by atoms with E-state index in [-0.39, 0.29) is 12.0 Å². The number of hydrogen-bond acceptors (Lipinski definition) is 7. The molecule has 1 saturated heterocycles. The number of nitrogens with zero attached hydrogens (tertiary/aromatic N) is 2. The Labute approximate surface area is 151 Å². The van der Waals surface area contributed by atoms with Crippen molar-refractivity contribution in [2.24, 2.45) is 0 Å². The van der Waals surface area contributed by atoms with Crippen LogP contribution in [0.15, 0.2) is 36.4 Å². The lowest BCUT2D eigenvalue weighted by molar-refractivity contribution is -0.124. The number of ether oxygens (including phenoxy) is 3. The number of benzene rings is 1. The van der Waals surface area contributed by atoms with Crippen LogP contribution < -0.4 is 20.1 Å². The van der Waals surface area contributed by atoms with E-state index >= 15 is 0 Å². The van der Waals surface area contributed by atoms with Crippen molar-refractivity contribution in [1.29, 1.82) is 0 Å². The molecule has 1 aromatic heterocycles. The van der Waals surface area contributed by atoms with Crippen molar-refractivity contribution in [3.05, 3.63) is 36.4 Å².